The molecule has 1 aromatic heterocycles. The molecule has 1 aromatic carbocycles. The van der Waals surface area contributed by atoms with Gasteiger partial charge in [-0.15, -0.1) is 0 Å². The molecule has 0 N–H and O–H groups in total. The zero-order valence-corrected chi connectivity index (χ0v) is 10.4. The molecule has 3 nitrogen and oxygen atoms in total. The molecule has 82 valence electrons. The Balaban J connectivity index is 2.27. The summed E-state index contributed by atoms with van der Waals surface area (Å²) < 4.78 is 6.15. The van der Waals surface area contributed by atoms with Gasteiger partial charge >= 0.3 is 0 Å². The summed E-state index contributed by atoms with van der Waals surface area (Å²) in [7, 11) is 0. The number of hydrogen-bond donors (Lipinski definition) is 0. The van der Waals surface area contributed by atoms with Crippen molar-refractivity contribution >= 4 is 15.9 Å². The molecule has 0 radical (unpaired) electrons. The first-order valence-corrected chi connectivity index (χ1v) is 5.80. The lowest BCUT2D eigenvalue weighted by Crippen LogP contribution is -1.92. The van der Waals surface area contributed by atoms with E-state index in [0.29, 0.717) is 12.4 Å². The fraction of sp³-hybridized carbons (Fsp3) is 0.167. The van der Waals surface area contributed by atoms with E-state index < -0.39 is 0 Å². The highest BCUT2D eigenvalue weighted by Gasteiger charge is 2.01. The number of hydrogen-bond acceptors (Lipinski definition) is 3. The van der Waals surface area contributed by atoms with Gasteiger partial charge in [-0.2, -0.15) is 0 Å². The first-order chi connectivity index (χ1) is 7.79. The zero-order chi connectivity index (χ0) is 11.4. The van der Waals surface area contributed by atoms with Crippen LogP contribution in [0.3, 0.4) is 0 Å². The standard InChI is InChI=1S/C12H11BrN2O/c1-2-16-10-5-3-9(4-6-10)12-14-8-7-11(13)15-12/h3-8H,2H2,1H3. The second-order valence-electron chi connectivity index (χ2n) is 3.16. The van der Waals surface area contributed by atoms with E-state index in [1.165, 1.54) is 0 Å². The van der Waals surface area contributed by atoms with Gasteiger partial charge in [-0.25, -0.2) is 9.97 Å². The van der Waals surface area contributed by atoms with Gasteiger partial charge in [0.25, 0.3) is 0 Å². The van der Waals surface area contributed by atoms with E-state index in [1.807, 2.05) is 31.2 Å². The third-order valence-corrected chi connectivity index (χ3v) is 2.49. The van der Waals surface area contributed by atoms with Gasteiger partial charge in [0.2, 0.25) is 0 Å². The van der Waals surface area contributed by atoms with Crippen LogP contribution in [0.1, 0.15) is 6.92 Å². The lowest BCUT2D eigenvalue weighted by Gasteiger charge is -2.04. The monoisotopic (exact) mass is 278 g/mol. The Labute approximate surface area is 103 Å². The Morgan fingerprint density at radius 2 is 1.94 bits per heavy atom. The second-order valence-corrected chi connectivity index (χ2v) is 3.97. The topological polar surface area (TPSA) is 35.0 Å². The fourth-order valence-electron chi connectivity index (χ4n) is 1.34. The molecule has 0 aliphatic heterocycles. The minimum Gasteiger partial charge on any atom is -0.494 e. The van der Waals surface area contributed by atoms with Crippen LogP contribution in [0.25, 0.3) is 11.4 Å². The largest absolute Gasteiger partial charge is 0.494 e. The normalized spacial score (nSPS) is 10.1. The van der Waals surface area contributed by atoms with Crippen LogP contribution < -0.4 is 4.74 Å². The molecule has 2 rings (SSSR count). The number of aromatic nitrogens is 2. The molecule has 0 atom stereocenters. The van der Waals surface area contributed by atoms with Crippen LogP contribution in [0, 0.1) is 0 Å². The molecule has 0 amide bonds. The molecule has 2 aromatic rings. The van der Waals surface area contributed by atoms with Crippen LogP contribution in [0.4, 0.5) is 0 Å². The van der Waals surface area contributed by atoms with Crippen molar-refractivity contribution in [3.63, 3.8) is 0 Å². The molecule has 0 spiro atoms. The molecule has 0 saturated carbocycles. The lowest BCUT2D eigenvalue weighted by atomic mass is 10.2. The predicted molar refractivity (Wildman–Crippen MR) is 66.3 cm³/mol. The maximum atomic E-state index is 5.37. The van der Waals surface area contributed by atoms with Crippen molar-refractivity contribution < 1.29 is 4.74 Å². The molecule has 16 heavy (non-hydrogen) atoms. The van der Waals surface area contributed by atoms with E-state index in [4.69, 9.17) is 4.74 Å². The van der Waals surface area contributed by atoms with Gasteiger partial charge < -0.3 is 4.74 Å². The van der Waals surface area contributed by atoms with Gasteiger partial charge in [0, 0.05) is 11.8 Å². The second kappa shape index (κ2) is 5.07. The van der Waals surface area contributed by atoms with Gasteiger partial charge in [-0.05, 0) is 53.2 Å². The molecule has 0 saturated heterocycles. The molecular weight excluding hydrogens is 268 g/mol. The minimum atomic E-state index is 0.673. The van der Waals surface area contributed by atoms with E-state index in [9.17, 15) is 0 Å². The molecule has 4 heteroatoms. The summed E-state index contributed by atoms with van der Waals surface area (Å²) in [6.07, 6.45) is 1.73. The minimum absolute atomic E-state index is 0.673. The van der Waals surface area contributed by atoms with Crippen molar-refractivity contribution in [1.29, 1.82) is 0 Å². The van der Waals surface area contributed by atoms with Crippen molar-refractivity contribution in [3.05, 3.63) is 41.1 Å². The summed E-state index contributed by atoms with van der Waals surface area (Å²) >= 11 is 3.32. The Morgan fingerprint density at radius 3 is 2.56 bits per heavy atom. The first kappa shape index (κ1) is 11.1. The molecule has 0 aliphatic rings. The quantitative estimate of drug-likeness (QED) is 0.808. The third kappa shape index (κ3) is 2.58. The maximum absolute atomic E-state index is 5.37. The van der Waals surface area contributed by atoms with Crippen molar-refractivity contribution in [3.8, 4) is 17.1 Å². The van der Waals surface area contributed by atoms with Gasteiger partial charge in [-0.1, -0.05) is 0 Å². The van der Waals surface area contributed by atoms with E-state index in [2.05, 4.69) is 25.9 Å². The van der Waals surface area contributed by atoms with Crippen LogP contribution in [0.5, 0.6) is 5.75 Å². The summed E-state index contributed by atoms with van der Waals surface area (Å²) in [6, 6.07) is 9.55. The van der Waals surface area contributed by atoms with Crippen LogP contribution >= 0.6 is 15.9 Å². The molecular formula is C12H11BrN2O. The Bertz CT molecular complexity index is 471. The molecule has 0 bridgehead atoms. The van der Waals surface area contributed by atoms with Gasteiger partial charge in [0.05, 0.1) is 6.61 Å². The number of halogens is 1. The van der Waals surface area contributed by atoms with Crippen LogP contribution in [0.2, 0.25) is 0 Å². The van der Waals surface area contributed by atoms with Crippen molar-refractivity contribution in [2.24, 2.45) is 0 Å². The highest BCUT2D eigenvalue weighted by Crippen LogP contribution is 2.20. The predicted octanol–water partition coefficient (Wildman–Crippen LogP) is 3.30. The van der Waals surface area contributed by atoms with Crippen LogP contribution in [-0.2, 0) is 0 Å². The third-order valence-electron chi connectivity index (χ3n) is 2.05. The Hall–Kier alpha value is -1.42. The van der Waals surface area contributed by atoms with Gasteiger partial charge in [0.15, 0.2) is 5.82 Å². The van der Waals surface area contributed by atoms with E-state index >= 15 is 0 Å². The Kier molecular flexibility index (Phi) is 3.51. The van der Waals surface area contributed by atoms with Crippen LogP contribution in [-0.4, -0.2) is 16.6 Å². The molecule has 1 heterocycles. The summed E-state index contributed by atoms with van der Waals surface area (Å²) in [5.41, 5.74) is 0.977. The van der Waals surface area contributed by atoms with Gasteiger partial charge in [0.1, 0.15) is 10.4 Å². The molecule has 0 fully saturated rings. The number of benzene rings is 1. The van der Waals surface area contributed by atoms with E-state index in [-0.39, 0.29) is 0 Å². The highest BCUT2D eigenvalue weighted by atomic mass is 79.9. The summed E-state index contributed by atoms with van der Waals surface area (Å²) in [5.74, 6) is 1.57. The average molecular weight is 279 g/mol. The van der Waals surface area contributed by atoms with Crippen molar-refractivity contribution in [2.45, 2.75) is 6.92 Å². The number of nitrogens with zero attached hydrogens (tertiary/aromatic N) is 2. The molecule has 0 aliphatic carbocycles. The fourth-order valence-corrected chi connectivity index (χ4v) is 1.63. The Morgan fingerprint density at radius 1 is 1.19 bits per heavy atom. The van der Waals surface area contributed by atoms with Crippen LogP contribution in [0.15, 0.2) is 41.1 Å². The summed E-state index contributed by atoms with van der Waals surface area (Å²) in [5, 5.41) is 0. The first-order valence-electron chi connectivity index (χ1n) is 5.01. The number of rotatable bonds is 3. The smallest absolute Gasteiger partial charge is 0.160 e. The zero-order valence-electron chi connectivity index (χ0n) is 8.85. The maximum Gasteiger partial charge on any atom is 0.160 e. The number of ether oxygens (including phenoxy) is 1. The summed E-state index contributed by atoms with van der Waals surface area (Å²) in [4.78, 5) is 8.49. The SMILES string of the molecule is CCOc1ccc(-c2nccc(Br)n2)cc1. The van der Waals surface area contributed by atoms with E-state index in [0.717, 1.165) is 15.9 Å². The van der Waals surface area contributed by atoms with E-state index in [1.54, 1.807) is 12.3 Å². The van der Waals surface area contributed by atoms with Crippen molar-refractivity contribution in [2.75, 3.05) is 6.61 Å². The highest BCUT2D eigenvalue weighted by molar-refractivity contribution is 9.10. The average Bonchev–Trinajstić information content (AvgIpc) is 2.30. The van der Waals surface area contributed by atoms with Gasteiger partial charge in [-0.3, -0.25) is 0 Å². The molecule has 0 unspecified atom stereocenters. The lowest BCUT2D eigenvalue weighted by molar-refractivity contribution is 0.340. The summed E-state index contributed by atoms with van der Waals surface area (Å²) in [6.45, 7) is 2.64. The van der Waals surface area contributed by atoms with Crippen molar-refractivity contribution in [1.82, 2.24) is 9.97 Å².